The van der Waals surface area contributed by atoms with Crippen LogP contribution in [0.25, 0.3) is 11.1 Å². The Morgan fingerprint density at radius 1 is 0.826 bits per heavy atom. The Morgan fingerprint density at radius 3 is 2.30 bits per heavy atom. The van der Waals surface area contributed by atoms with Crippen LogP contribution in [0.5, 0.6) is 0 Å². The number of benzene rings is 2. The van der Waals surface area contributed by atoms with Crippen molar-refractivity contribution in [1.29, 1.82) is 0 Å². The number of nitrogens with two attached hydrogens (primary N) is 1. The maximum Gasteiger partial charge on any atom is 0.405 e. The zero-order valence-corrected chi connectivity index (χ0v) is 24.9. The van der Waals surface area contributed by atoms with Gasteiger partial charge in [-0.3, -0.25) is 19.5 Å². The smallest absolute Gasteiger partial charge is 0.405 e. The van der Waals surface area contributed by atoms with Crippen LogP contribution in [0.4, 0.5) is 38.2 Å². The molecule has 5 amide bonds. The number of urea groups is 1. The van der Waals surface area contributed by atoms with Crippen LogP contribution < -0.4 is 26.2 Å². The molecule has 2 fully saturated rings. The van der Waals surface area contributed by atoms with Crippen LogP contribution in [0.2, 0.25) is 0 Å². The molecule has 2 saturated heterocycles. The summed E-state index contributed by atoms with van der Waals surface area (Å²) in [6.45, 7) is 1.74. The van der Waals surface area contributed by atoms with Gasteiger partial charge in [-0.2, -0.15) is 0 Å². The van der Waals surface area contributed by atoms with Crippen LogP contribution >= 0.6 is 0 Å². The number of pyridine rings is 2. The second-order valence-corrected chi connectivity index (χ2v) is 10.9. The van der Waals surface area contributed by atoms with Crippen LogP contribution in [0, 0.1) is 0 Å². The van der Waals surface area contributed by atoms with Crippen LogP contribution in [-0.2, 0) is 20.9 Å². The summed E-state index contributed by atoms with van der Waals surface area (Å²) < 4.78 is 4.48. The van der Waals surface area contributed by atoms with Gasteiger partial charge in [0.2, 0.25) is 5.91 Å². The highest BCUT2D eigenvalue weighted by Crippen LogP contribution is 2.28. The van der Waals surface area contributed by atoms with Crippen molar-refractivity contribution in [3.05, 3.63) is 90.9 Å². The highest BCUT2D eigenvalue weighted by Gasteiger charge is 2.30. The van der Waals surface area contributed by atoms with E-state index in [2.05, 4.69) is 25.3 Å². The van der Waals surface area contributed by atoms with Crippen molar-refractivity contribution in [2.75, 3.05) is 46.7 Å². The van der Waals surface area contributed by atoms with E-state index in [-0.39, 0.29) is 11.9 Å². The van der Waals surface area contributed by atoms with Crippen molar-refractivity contribution in [3.63, 3.8) is 0 Å². The highest BCUT2D eigenvalue weighted by atomic mass is 16.5. The minimum atomic E-state index is -1.02. The van der Waals surface area contributed by atoms with Gasteiger partial charge in [0.1, 0.15) is 5.82 Å². The van der Waals surface area contributed by atoms with E-state index < -0.39 is 18.6 Å². The first-order valence-corrected chi connectivity index (χ1v) is 14.8. The minimum absolute atomic E-state index is 0.137. The van der Waals surface area contributed by atoms with E-state index in [1.165, 1.54) is 0 Å². The molecule has 2 aromatic carbocycles. The Hall–Kier alpha value is -5.98. The lowest BCUT2D eigenvalue weighted by molar-refractivity contribution is -0.119. The van der Waals surface area contributed by atoms with Gasteiger partial charge in [0.25, 0.3) is 5.91 Å². The van der Waals surface area contributed by atoms with Gasteiger partial charge in [0.05, 0.1) is 23.8 Å². The van der Waals surface area contributed by atoms with Gasteiger partial charge < -0.3 is 30.9 Å². The molecule has 13 heteroatoms. The largest absolute Gasteiger partial charge is 0.440 e. The quantitative estimate of drug-likeness (QED) is 0.234. The van der Waals surface area contributed by atoms with E-state index in [9.17, 15) is 19.2 Å². The molecule has 0 aliphatic carbocycles. The fourth-order valence-corrected chi connectivity index (χ4v) is 5.40. The Balaban J connectivity index is 1.03. The normalized spacial score (nSPS) is 14.5. The molecule has 234 valence electrons. The number of hydrogen-bond donors (Lipinski definition) is 3. The predicted molar refractivity (Wildman–Crippen MR) is 173 cm³/mol. The molecular weight excluding hydrogens is 588 g/mol. The first-order chi connectivity index (χ1) is 22.3. The standard InChI is InChI=1S/C33H32N8O5/c34-32(44)46-21-30(42)38-25-8-3-22(4-9-25)20-39-14-15-41(33(39)45)28-16-26(18-35-19-28)37-29-12-7-24(17-36-29)23-5-10-27(11-6-23)40-13-1-2-31(40)43/h3-12,16-19H,1-2,13-15,20-21H2,(H2,34,44)(H,36,37)(H,38,42). The molecule has 4 N–H and O–H groups in total. The average molecular weight is 621 g/mol. The number of amides is 5. The maximum absolute atomic E-state index is 13.3. The number of hydrogen-bond acceptors (Lipinski definition) is 8. The van der Waals surface area contributed by atoms with E-state index in [0.29, 0.717) is 48.9 Å². The molecule has 4 heterocycles. The molecule has 0 bridgehead atoms. The number of rotatable bonds is 10. The molecule has 46 heavy (non-hydrogen) atoms. The molecule has 0 atom stereocenters. The van der Waals surface area contributed by atoms with Gasteiger partial charge in [-0.15, -0.1) is 0 Å². The van der Waals surface area contributed by atoms with Gasteiger partial charge >= 0.3 is 12.1 Å². The second-order valence-electron chi connectivity index (χ2n) is 10.9. The summed E-state index contributed by atoms with van der Waals surface area (Å²) >= 11 is 0. The number of carbonyl (C=O) groups is 4. The lowest BCUT2D eigenvalue weighted by Gasteiger charge is -2.19. The molecular formula is C33H32N8O5. The number of anilines is 5. The van der Waals surface area contributed by atoms with Crippen molar-refractivity contribution >= 4 is 52.5 Å². The fraction of sp³-hybridized carbons (Fsp3) is 0.212. The summed E-state index contributed by atoms with van der Waals surface area (Å²) in [5.41, 5.74) is 10.5. The third kappa shape index (κ3) is 7.04. The summed E-state index contributed by atoms with van der Waals surface area (Å²) in [5.74, 6) is 0.295. The zero-order valence-electron chi connectivity index (χ0n) is 24.9. The second kappa shape index (κ2) is 13.3. The van der Waals surface area contributed by atoms with Gasteiger partial charge in [-0.1, -0.05) is 24.3 Å². The first-order valence-electron chi connectivity index (χ1n) is 14.8. The van der Waals surface area contributed by atoms with E-state index in [0.717, 1.165) is 35.3 Å². The first kappa shape index (κ1) is 30.1. The molecule has 2 aliphatic heterocycles. The molecule has 0 radical (unpaired) electrons. The van der Waals surface area contributed by atoms with E-state index >= 15 is 0 Å². The van der Waals surface area contributed by atoms with Crippen LogP contribution in [-0.4, -0.2) is 65.0 Å². The molecule has 2 aliphatic rings. The number of nitrogens with one attached hydrogen (secondary N) is 2. The number of carbonyl (C=O) groups excluding carboxylic acids is 4. The van der Waals surface area contributed by atoms with Gasteiger partial charge in [-0.05, 0) is 60.0 Å². The summed E-state index contributed by atoms with van der Waals surface area (Å²) in [5, 5.41) is 5.88. The fourth-order valence-electron chi connectivity index (χ4n) is 5.40. The number of aromatic nitrogens is 2. The molecule has 6 rings (SSSR count). The summed E-state index contributed by atoms with van der Waals surface area (Å²) in [4.78, 5) is 61.9. The van der Waals surface area contributed by atoms with Gasteiger partial charge in [-0.25, -0.2) is 14.6 Å². The minimum Gasteiger partial charge on any atom is -0.440 e. The molecule has 2 aromatic heterocycles. The Morgan fingerprint density at radius 2 is 1.61 bits per heavy atom. The summed E-state index contributed by atoms with van der Waals surface area (Å²) in [7, 11) is 0. The molecule has 4 aromatic rings. The zero-order chi connectivity index (χ0) is 32.0. The van der Waals surface area contributed by atoms with E-state index in [4.69, 9.17) is 5.73 Å². The maximum atomic E-state index is 13.3. The average Bonchev–Trinajstić information content (AvgIpc) is 3.66. The molecule has 13 nitrogen and oxygen atoms in total. The van der Waals surface area contributed by atoms with Crippen molar-refractivity contribution in [2.45, 2.75) is 19.4 Å². The van der Waals surface area contributed by atoms with Crippen LogP contribution in [0.15, 0.2) is 85.3 Å². The lowest BCUT2D eigenvalue weighted by Crippen LogP contribution is -2.31. The molecule has 0 saturated carbocycles. The van der Waals surface area contributed by atoms with E-state index in [1.807, 2.05) is 59.5 Å². The predicted octanol–water partition coefficient (Wildman–Crippen LogP) is 4.49. The van der Waals surface area contributed by atoms with Crippen LogP contribution in [0.1, 0.15) is 18.4 Å². The SMILES string of the molecule is NC(=O)OCC(=O)Nc1ccc(CN2CCN(c3cncc(Nc4ccc(-c5ccc(N6CCCC6=O)cc5)cn4)c3)C2=O)cc1. The Labute approximate surface area is 265 Å². The number of primary amides is 1. The lowest BCUT2D eigenvalue weighted by atomic mass is 10.1. The number of nitrogens with zero attached hydrogens (tertiary/aromatic N) is 5. The van der Waals surface area contributed by atoms with Crippen molar-refractivity contribution in [1.82, 2.24) is 14.9 Å². The van der Waals surface area contributed by atoms with Crippen molar-refractivity contribution < 1.29 is 23.9 Å². The van der Waals surface area contributed by atoms with Gasteiger partial charge in [0, 0.05) is 55.7 Å². The monoisotopic (exact) mass is 620 g/mol. The number of ether oxygens (including phenoxy) is 1. The van der Waals surface area contributed by atoms with E-state index in [1.54, 1.807) is 40.5 Å². The van der Waals surface area contributed by atoms with Crippen molar-refractivity contribution in [3.8, 4) is 11.1 Å². The summed E-state index contributed by atoms with van der Waals surface area (Å²) in [6.07, 6.45) is 5.59. The molecule has 0 spiro atoms. The van der Waals surface area contributed by atoms with Gasteiger partial charge in [0.15, 0.2) is 6.61 Å². The van der Waals surface area contributed by atoms with Crippen molar-refractivity contribution in [2.24, 2.45) is 5.73 Å². The third-order valence-electron chi connectivity index (χ3n) is 7.71. The van der Waals surface area contributed by atoms with Crippen LogP contribution in [0.3, 0.4) is 0 Å². The topological polar surface area (TPSA) is 163 Å². The Bertz CT molecular complexity index is 1750. The third-order valence-corrected chi connectivity index (χ3v) is 7.71. The molecule has 0 unspecified atom stereocenters. The summed E-state index contributed by atoms with van der Waals surface area (Å²) in [6, 6.07) is 20.6. The highest BCUT2D eigenvalue weighted by molar-refractivity contribution is 5.96. The Kier molecular flexibility index (Phi) is 8.72.